The molecule has 2 heterocycles. The van der Waals surface area contributed by atoms with Gasteiger partial charge in [0.1, 0.15) is 5.75 Å². The van der Waals surface area contributed by atoms with Crippen molar-refractivity contribution < 1.29 is 9.47 Å². The maximum absolute atomic E-state index is 6.29. The Morgan fingerprint density at radius 2 is 2.30 bits per heavy atom. The Bertz CT molecular complexity index is 464. The summed E-state index contributed by atoms with van der Waals surface area (Å²) in [7, 11) is 2.13. The first-order valence-electron chi connectivity index (χ1n) is 7.53. The lowest BCUT2D eigenvalue weighted by Crippen LogP contribution is -2.49. The van der Waals surface area contributed by atoms with Gasteiger partial charge in [0.15, 0.2) is 0 Å². The van der Waals surface area contributed by atoms with Crippen molar-refractivity contribution in [3.8, 4) is 5.75 Å². The smallest absolute Gasteiger partial charge is 0.122 e. The molecule has 0 aliphatic carbocycles. The van der Waals surface area contributed by atoms with Crippen molar-refractivity contribution in [2.24, 2.45) is 5.73 Å². The summed E-state index contributed by atoms with van der Waals surface area (Å²) in [6, 6.07) is 6.63. The van der Waals surface area contributed by atoms with E-state index in [4.69, 9.17) is 15.2 Å². The van der Waals surface area contributed by atoms with Gasteiger partial charge in [0.2, 0.25) is 0 Å². The standard InChI is InChI=1S/C16H24N2O2/c1-18-7-9-20-16(11-18)14(17)4-2-12-3-5-15-13(10-12)6-8-19-15/h3,5,10,14,16H,2,4,6-9,11,17H2,1H3. The summed E-state index contributed by atoms with van der Waals surface area (Å²) in [5.41, 5.74) is 8.99. The van der Waals surface area contributed by atoms with Gasteiger partial charge in [-0.2, -0.15) is 0 Å². The molecule has 2 atom stereocenters. The van der Waals surface area contributed by atoms with Crippen molar-refractivity contribution in [3.63, 3.8) is 0 Å². The predicted octanol–water partition coefficient (Wildman–Crippen LogP) is 1.21. The number of morpholine rings is 1. The molecule has 0 amide bonds. The minimum atomic E-state index is 0.113. The SMILES string of the molecule is CN1CCOC(C(N)CCc2ccc3c(c2)CCO3)C1. The van der Waals surface area contributed by atoms with Crippen LogP contribution >= 0.6 is 0 Å². The summed E-state index contributed by atoms with van der Waals surface area (Å²) < 4.78 is 11.3. The molecule has 0 bridgehead atoms. The molecule has 2 unspecified atom stereocenters. The number of rotatable bonds is 4. The first-order valence-corrected chi connectivity index (χ1v) is 7.53. The molecule has 0 saturated carbocycles. The largest absolute Gasteiger partial charge is 0.493 e. The molecular formula is C16H24N2O2. The second-order valence-corrected chi connectivity index (χ2v) is 5.91. The van der Waals surface area contributed by atoms with E-state index in [1.807, 2.05) is 0 Å². The van der Waals surface area contributed by atoms with Gasteiger partial charge >= 0.3 is 0 Å². The maximum Gasteiger partial charge on any atom is 0.122 e. The summed E-state index contributed by atoms with van der Waals surface area (Å²) >= 11 is 0. The van der Waals surface area contributed by atoms with Crippen LogP contribution < -0.4 is 10.5 Å². The zero-order chi connectivity index (χ0) is 13.9. The fraction of sp³-hybridized carbons (Fsp3) is 0.625. The number of likely N-dealkylation sites (N-methyl/N-ethyl adjacent to an activating group) is 1. The lowest BCUT2D eigenvalue weighted by Gasteiger charge is -2.33. The van der Waals surface area contributed by atoms with Crippen LogP contribution in [0.15, 0.2) is 18.2 Å². The number of hydrogen-bond acceptors (Lipinski definition) is 4. The number of aryl methyl sites for hydroxylation is 1. The summed E-state index contributed by atoms with van der Waals surface area (Å²) in [4.78, 5) is 2.29. The Hall–Kier alpha value is -1.10. The third-order valence-electron chi connectivity index (χ3n) is 4.29. The van der Waals surface area contributed by atoms with Gasteiger partial charge in [-0.05, 0) is 37.1 Å². The molecule has 4 heteroatoms. The van der Waals surface area contributed by atoms with Crippen molar-refractivity contribution in [2.75, 3.05) is 33.4 Å². The van der Waals surface area contributed by atoms with E-state index >= 15 is 0 Å². The molecule has 110 valence electrons. The molecule has 1 fully saturated rings. The van der Waals surface area contributed by atoms with Gasteiger partial charge in [0.25, 0.3) is 0 Å². The molecule has 2 aliphatic heterocycles. The van der Waals surface area contributed by atoms with E-state index in [9.17, 15) is 0 Å². The third-order valence-corrected chi connectivity index (χ3v) is 4.29. The van der Waals surface area contributed by atoms with Gasteiger partial charge in [-0.3, -0.25) is 0 Å². The van der Waals surface area contributed by atoms with Gasteiger partial charge in [-0.25, -0.2) is 0 Å². The van der Waals surface area contributed by atoms with Crippen molar-refractivity contribution >= 4 is 0 Å². The average molecular weight is 276 g/mol. The normalized spacial score (nSPS) is 24.2. The highest BCUT2D eigenvalue weighted by atomic mass is 16.5. The lowest BCUT2D eigenvalue weighted by atomic mass is 9.99. The molecule has 4 nitrogen and oxygen atoms in total. The lowest BCUT2D eigenvalue weighted by molar-refractivity contribution is -0.0331. The second-order valence-electron chi connectivity index (χ2n) is 5.91. The summed E-state index contributed by atoms with van der Waals surface area (Å²) in [5.74, 6) is 1.05. The Morgan fingerprint density at radius 3 is 3.15 bits per heavy atom. The van der Waals surface area contributed by atoms with Crippen molar-refractivity contribution in [1.82, 2.24) is 4.90 Å². The van der Waals surface area contributed by atoms with Crippen LogP contribution in [0.5, 0.6) is 5.75 Å². The van der Waals surface area contributed by atoms with E-state index in [1.54, 1.807) is 0 Å². The fourth-order valence-corrected chi connectivity index (χ4v) is 2.98. The molecule has 0 radical (unpaired) electrons. The van der Waals surface area contributed by atoms with Crippen LogP contribution in [0.2, 0.25) is 0 Å². The van der Waals surface area contributed by atoms with E-state index in [0.717, 1.165) is 51.3 Å². The number of ether oxygens (including phenoxy) is 2. The Balaban J connectivity index is 1.53. The third kappa shape index (κ3) is 3.14. The van der Waals surface area contributed by atoms with Crippen LogP contribution in [0, 0.1) is 0 Å². The molecule has 0 spiro atoms. The van der Waals surface area contributed by atoms with Crippen molar-refractivity contribution in [2.45, 2.75) is 31.4 Å². The Kier molecular flexibility index (Phi) is 4.24. The molecule has 2 N–H and O–H groups in total. The molecular weight excluding hydrogens is 252 g/mol. The van der Waals surface area contributed by atoms with Crippen LogP contribution in [0.1, 0.15) is 17.5 Å². The highest BCUT2D eigenvalue weighted by Gasteiger charge is 2.23. The fourth-order valence-electron chi connectivity index (χ4n) is 2.98. The zero-order valence-electron chi connectivity index (χ0n) is 12.2. The molecule has 0 aromatic heterocycles. The monoisotopic (exact) mass is 276 g/mol. The highest BCUT2D eigenvalue weighted by Crippen LogP contribution is 2.26. The molecule has 1 aromatic rings. The van der Waals surface area contributed by atoms with Crippen LogP contribution in [-0.4, -0.2) is 50.4 Å². The first kappa shape index (κ1) is 13.9. The molecule has 20 heavy (non-hydrogen) atoms. The molecule has 3 rings (SSSR count). The van der Waals surface area contributed by atoms with E-state index in [2.05, 4.69) is 30.1 Å². The summed E-state index contributed by atoms with van der Waals surface area (Å²) in [6.07, 6.45) is 3.19. The number of benzene rings is 1. The van der Waals surface area contributed by atoms with E-state index in [-0.39, 0.29) is 12.1 Å². The average Bonchev–Trinajstić information content (AvgIpc) is 2.92. The quantitative estimate of drug-likeness (QED) is 0.898. The van der Waals surface area contributed by atoms with Gasteiger partial charge in [0, 0.05) is 25.6 Å². The van der Waals surface area contributed by atoms with Crippen LogP contribution in [-0.2, 0) is 17.6 Å². The molecule has 1 aromatic carbocycles. The van der Waals surface area contributed by atoms with E-state index in [0.29, 0.717) is 0 Å². The molecule has 1 saturated heterocycles. The maximum atomic E-state index is 6.29. The second kappa shape index (κ2) is 6.12. The first-order chi connectivity index (χ1) is 9.72. The topological polar surface area (TPSA) is 47.7 Å². The summed E-state index contributed by atoms with van der Waals surface area (Å²) in [5, 5.41) is 0. The predicted molar refractivity (Wildman–Crippen MR) is 79.2 cm³/mol. The van der Waals surface area contributed by atoms with E-state index in [1.165, 1.54) is 11.1 Å². The Labute approximate surface area is 120 Å². The van der Waals surface area contributed by atoms with Gasteiger partial charge in [-0.1, -0.05) is 12.1 Å². The molecule has 2 aliphatic rings. The van der Waals surface area contributed by atoms with Gasteiger partial charge in [0.05, 0.1) is 19.3 Å². The van der Waals surface area contributed by atoms with Crippen LogP contribution in [0.4, 0.5) is 0 Å². The minimum Gasteiger partial charge on any atom is -0.493 e. The van der Waals surface area contributed by atoms with Gasteiger partial charge in [-0.15, -0.1) is 0 Å². The Morgan fingerprint density at radius 1 is 1.40 bits per heavy atom. The number of nitrogens with zero attached hydrogens (tertiary/aromatic N) is 1. The van der Waals surface area contributed by atoms with Gasteiger partial charge < -0.3 is 20.1 Å². The van der Waals surface area contributed by atoms with Crippen molar-refractivity contribution in [3.05, 3.63) is 29.3 Å². The van der Waals surface area contributed by atoms with Crippen molar-refractivity contribution in [1.29, 1.82) is 0 Å². The van der Waals surface area contributed by atoms with Crippen LogP contribution in [0.3, 0.4) is 0 Å². The van der Waals surface area contributed by atoms with Crippen LogP contribution in [0.25, 0.3) is 0 Å². The number of nitrogens with two attached hydrogens (primary N) is 1. The zero-order valence-corrected chi connectivity index (χ0v) is 12.2. The number of hydrogen-bond donors (Lipinski definition) is 1. The number of fused-ring (bicyclic) bond motifs is 1. The summed E-state index contributed by atoms with van der Waals surface area (Å²) in [6.45, 7) is 3.57. The van der Waals surface area contributed by atoms with E-state index < -0.39 is 0 Å². The minimum absolute atomic E-state index is 0.113. The highest BCUT2D eigenvalue weighted by molar-refractivity contribution is 5.39.